The van der Waals surface area contributed by atoms with Crippen molar-refractivity contribution in [2.45, 2.75) is 11.8 Å². The summed E-state index contributed by atoms with van der Waals surface area (Å²) in [4.78, 5) is 29.4. The fraction of sp³-hybridized carbons (Fsp3) is 0.136. The molecule has 2 heterocycles. The number of thioether (sulfide) groups is 1. The molecule has 0 radical (unpaired) electrons. The van der Waals surface area contributed by atoms with Crippen LogP contribution in [0.4, 0.5) is 10.1 Å². The maximum atomic E-state index is 13.3. The zero-order chi connectivity index (χ0) is 24.1. The van der Waals surface area contributed by atoms with E-state index in [2.05, 4.69) is 20.5 Å². The number of esters is 1. The van der Waals surface area contributed by atoms with E-state index in [4.69, 9.17) is 9.47 Å². The van der Waals surface area contributed by atoms with Gasteiger partial charge in [-0.05, 0) is 54.8 Å². The average Bonchev–Trinajstić information content (AvgIpc) is 3.51. The van der Waals surface area contributed by atoms with Crippen LogP contribution in [0.25, 0.3) is 5.69 Å². The van der Waals surface area contributed by atoms with Gasteiger partial charge in [-0.3, -0.25) is 9.36 Å². The standard InChI is InChI=1S/C22H18FN5O4S2/c1-31-16-9-5-14(6-10-16)25-19(29)20-27-26-18(34-20)12-32-21(30)17-11-24-22(33-2)28(17)15-7-3-13(23)4-8-15/h3-11H,12H2,1-2H3,(H,25,29). The summed E-state index contributed by atoms with van der Waals surface area (Å²) in [5.41, 5.74) is 1.33. The SMILES string of the molecule is COc1ccc(NC(=O)c2nnc(COC(=O)c3cnc(SC)n3-c3ccc(F)cc3)s2)cc1. The summed E-state index contributed by atoms with van der Waals surface area (Å²) in [6.07, 6.45) is 3.21. The highest BCUT2D eigenvalue weighted by Crippen LogP contribution is 2.23. The average molecular weight is 500 g/mol. The van der Waals surface area contributed by atoms with E-state index in [0.29, 0.717) is 27.3 Å². The molecule has 0 bridgehead atoms. The topological polar surface area (TPSA) is 108 Å². The molecule has 0 aliphatic heterocycles. The summed E-state index contributed by atoms with van der Waals surface area (Å²) < 4.78 is 25.4. The summed E-state index contributed by atoms with van der Waals surface area (Å²) in [7, 11) is 1.56. The Labute approximate surface area is 202 Å². The normalized spacial score (nSPS) is 10.7. The number of methoxy groups -OCH3 is 1. The highest BCUT2D eigenvalue weighted by Gasteiger charge is 2.20. The van der Waals surface area contributed by atoms with Gasteiger partial charge < -0.3 is 14.8 Å². The first kappa shape index (κ1) is 23.4. The molecule has 12 heteroatoms. The number of aromatic nitrogens is 4. The van der Waals surface area contributed by atoms with Gasteiger partial charge in [-0.1, -0.05) is 23.1 Å². The number of ether oxygens (including phenoxy) is 2. The van der Waals surface area contributed by atoms with Gasteiger partial charge >= 0.3 is 5.97 Å². The van der Waals surface area contributed by atoms with Crippen LogP contribution in [0.1, 0.15) is 25.3 Å². The molecule has 0 aliphatic carbocycles. The number of rotatable bonds is 8. The number of nitrogens with zero attached hydrogens (tertiary/aromatic N) is 4. The number of nitrogens with one attached hydrogen (secondary N) is 1. The quantitative estimate of drug-likeness (QED) is 0.284. The Morgan fingerprint density at radius 1 is 1.12 bits per heavy atom. The Bertz CT molecular complexity index is 1310. The van der Waals surface area contributed by atoms with E-state index < -0.39 is 11.9 Å². The number of benzene rings is 2. The van der Waals surface area contributed by atoms with Crippen LogP contribution in [0.15, 0.2) is 59.9 Å². The van der Waals surface area contributed by atoms with E-state index in [0.717, 1.165) is 11.3 Å². The van der Waals surface area contributed by atoms with E-state index >= 15 is 0 Å². The van der Waals surface area contributed by atoms with Crippen LogP contribution in [0, 0.1) is 5.82 Å². The Morgan fingerprint density at radius 2 is 1.85 bits per heavy atom. The van der Waals surface area contributed by atoms with Crippen molar-refractivity contribution < 1.29 is 23.5 Å². The second-order valence-corrected chi connectivity index (χ2v) is 8.54. The fourth-order valence-corrected chi connectivity index (χ4v) is 4.12. The van der Waals surface area contributed by atoms with Crippen molar-refractivity contribution in [3.05, 3.63) is 76.3 Å². The molecule has 0 aliphatic rings. The number of hydrogen-bond donors (Lipinski definition) is 1. The van der Waals surface area contributed by atoms with Crippen LogP contribution in [0.2, 0.25) is 0 Å². The Kier molecular flexibility index (Phi) is 7.18. The van der Waals surface area contributed by atoms with E-state index in [-0.39, 0.29) is 23.1 Å². The number of carbonyl (C=O) groups is 2. The van der Waals surface area contributed by atoms with Crippen molar-refractivity contribution in [2.75, 3.05) is 18.7 Å². The molecular weight excluding hydrogens is 481 g/mol. The van der Waals surface area contributed by atoms with Gasteiger partial charge in [0.05, 0.1) is 13.3 Å². The molecular formula is C22H18FN5O4S2. The van der Waals surface area contributed by atoms with Crippen molar-refractivity contribution >= 4 is 40.7 Å². The first-order chi connectivity index (χ1) is 16.5. The van der Waals surface area contributed by atoms with Gasteiger partial charge in [0.25, 0.3) is 5.91 Å². The van der Waals surface area contributed by atoms with Crippen LogP contribution >= 0.6 is 23.1 Å². The van der Waals surface area contributed by atoms with Crippen LogP contribution < -0.4 is 10.1 Å². The van der Waals surface area contributed by atoms with Gasteiger partial charge in [-0.25, -0.2) is 14.2 Å². The molecule has 2 aromatic carbocycles. The van der Waals surface area contributed by atoms with Gasteiger partial charge in [0.2, 0.25) is 5.01 Å². The number of amides is 1. The van der Waals surface area contributed by atoms with Crippen LogP contribution in [-0.2, 0) is 11.3 Å². The minimum atomic E-state index is -0.642. The van der Waals surface area contributed by atoms with Gasteiger partial charge in [-0.15, -0.1) is 10.2 Å². The first-order valence-electron chi connectivity index (χ1n) is 9.81. The second kappa shape index (κ2) is 10.4. The number of anilines is 1. The molecule has 0 spiro atoms. The van der Waals surface area contributed by atoms with Crippen molar-refractivity contribution in [3.8, 4) is 11.4 Å². The lowest BCUT2D eigenvalue weighted by Crippen LogP contribution is -2.12. The third kappa shape index (κ3) is 5.24. The molecule has 1 amide bonds. The van der Waals surface area contributed by atoms with Crippen LogP contribution in [0.3, 0.4) is 0 Å². The maximum absolute atomic E-state index is 13.3. The largest absolute Gasteiger partial charge is 0.497 e. The van der Waals surface area contributed by atoms with Crippen molar-refractivity contribution in [1.82, 2.24) is 19.7 Å². The summed E-state index contributed by atoms with van der Waals surface area (Å²) in [6, 6.07) is 12.5. The molecule has 1 N–H and O–H groups in total. The minimum Gasteiger partial charge on any atom is -0.497 e. The maximum Gasteiger partial charge on any atom is 0.357 e. The molecule has 4 rings (SSSR count). The lowest BCUT2D eigenvalue weighted by Gasteiger charge is -2.10. The molecule has 0 unspecified atom stereocenters. The Morgan fingerprint density at radius 3 is 2.53 bits per heavy atom. The fourth-order valence-electron chi connectivity index (χ4n) is 2.93. The number of imidazole rings is 1. The number of halogens is 1. The molecule has 174 valence electrons. The minimum absolute atomic E-state index is 0.128. The molecule has 0 atom stereocenters. The Balaban J connectivity index is 1.42. The summed E-state index contributed by atoms with van der Waals surface area (Å²) >= 11 is 2.35. The third-order valence-corrected chi connectivity index (χ3v) is 6.09. The monoisotopic (exact) mass is 499 g/mol. The highest BCUT2D eigenvalue weighted by molar-refractivity contribution is 7.98. The lowest BCUT2D eigenvalue weighted by molar-refractivity contribution is 0.0461. The third-order valence-electron chi connectivity index (χ3n) is 4.54. The van der Waals surface area contributed by atoms with E-state index in [1.807, 2.05) is 6.26 Å². The Hall–Kier alpha value is -3.77. The predicted molar refractivity (Wildman–Crippen MR) is 125 cm³/mol. The van der Waals surface area contributed by atoms with Crippen LogP contribution in [-0.4, -0.2) is 45.0 Å². The van der Waals surface area contributed by atoms with E-state index in [1.54, 1.807) is 48.1 Å². The van der Waals surface area contributed by atoms with E-state index in [1.165, 1.54) is 30.1 Å². The number of hydrogen-bond acceptors (Lipinski definition) is 9. The number of carbonyl (C=O) groups excluding carboxylic acids is 2. The van der Waals surface area contributed by atoms with E-state index in [9.17, 15) is 14.0 Å². The summed E-state index contributed by atoms with van der Waals surface area (Å²) in [6.45, 7) is -0.171. The highest BCUT2D eigenvalue weighted by atomic mass is 32.2. The van der Waals surface area contributed by atoms with Gasteiger partial charge in [0.15, 0.2) is 15.9 Å². The molecule has 0 fully saturated rings. The van der Waals surface area contributed by atoms with Gasteiger partial charge in [0, 0.05) is 11.4 Å². The predicted octanol–water partition coefficient (Wildman–Crippen LogP) is 4.20. The zero-order valence-corrected chi connectivity index (χ0v) is 19.7. The molecule has 9 nitrogen and oxygen atoms in total. The molecule has 0 saturated carbocycles. The van der Waals surface area contributed by atoms with Gasteiger partial charge in [0.1, 0.15) is 18.2 Å². The molecule has 2 aromatic heterocycles. The smallest absolute Gasteiger partial charge is 0.357 e. The second-order valence-electron chi connectivity index (χ2n) is 6.70. The molecule has 4 aromatic rings. The van der Waals surface area contributed by atoms with Crippen molar-refractivity contribution in [1.29, 1.82) is 0 Å². The van der Waals surface area contributed by atoms with Crippen LogP contribution in [0.5, 0.6) is 5.75 Å². The molecule has 0 saturated heterocycles. The summed E-state index contributed by atoms with van der Waals surface area (Å²) in [5, 5.41) is 11.5. The zero-order valence-electron chi connectivity index (χ0n) is 18.0. The molecule has 34 heavy (non-hydrogen) atoms. The van der Waals surface area contributed by atoms with Crippen molar-refractivity contribution in [2.24, 2.45) is 0 Å². The lowest BCUT2D eigenvalue weighted by atomic mass is 10.3. The van der Waals surface area contributed by atoms with Gasteiger partial charge in [-0.2, -0.15) is 0 Å². The summed E-state index contributed by atoms with van der Waals surface area (Å²) in [5.74, 6) is -0.791. The first-order valence-corrected chi connectivity index (χ1v) is 11.8. The van der Waals surface area contributed by atoms with Crippen molar-refractivity contribution in [3.63, 3.8) is 0 Å².